The number of aryl methyl sites for hydroxylation is 1. The first-order valence-corrected chi connectivity index (χ1v) is 10.0. The molecule has 0 saturated heterocycles. The summed E-state index contributed by atoms with van der Waals surface area (Å²) in [6, 6.07) is 13.9. The minimum atomic E-state index is 0.0417. The molecule has 0 fully saturated rings. The van der Waals surface area contributed by atoms with Crippen molar-refractivity contribution in [2.45, 2.75) is 38.1 Å². The molecule has 6 heteroatoms. The van der Waals surface area contributed by atoms with E-state index in [0.29, 0.717) is 23.1 Å². The standard InChI is InChI=1S/C21H23N3O2S/c1-4-15-6-8-16(9-7-15)20-22-21(24-23-20)27-13-18-12-17(14(3)25)10-11-19(18)26-5-2/h6-12H,4-5,13H2,1-3H3,(H,22,23,24). The van der Waals surface area contributed by atoms with Gasteiger partial charge in [0, 0.05) is 22.4 Å². The third kappa shape index (κ3) is 4.77. The Morgan fingerprint density at radius 2 is 1.93 bits per heavy atom. The van der Waals surface area contributed by atoms with Gasteiger partial charge in [0.25, 0.3) is 0 Å². The monoisotopic (exact) mass is 381 g/mol. The first-order chi connectivity index (χ1) is 13.1. The van der Waals surface area contributed by atoms with Crippen molar-refractivity contribution in [1.29, 1.82) is 0 Å². The molecular formula is C21H23N3O2S. The number of benzene rings is 2. The van der Waals surface area contributed by atoms with Crippen LogP contribution >= 0.6 is 11.8 Å². The minimum absolute atomic E-state index is 0.0417. The van der Waals surface area contributed by atoms with Gasteiger partial charge in [-0.05, 0) is 44.0 Å². The number of hydrogen-bond acceptors (Lipinski definition) is 5. The molecule has 0 aliphatic heterocycles. The molecule has 27 heavy (non-hydrogen) atoms. The Morgan fingerprint density at radius 3 is 2.59 bits per heavy atom. The van der Waals surface area contributed by atoms with E-state index in [2.05, 4.69) is 46.4 Å². The number of nitrogens with zero attached hydrogens (tertiary/aromatic N) is 2. The Bertz CT molecular complexity index is 919. The second-order valence-corrected chi connectivity index (χ2v) is 7.06. The molecule has 0 saturated carbocycles. The van der Waals surface area contributed by atoms with E-state index in [9.17, 15) is 4.79 Å². The number of H-pyrrole nitrogens is 1. The zero-order chi connectivity index (χ0) is 19.2. The Kier molecular flexibility index (Phi) is 6.29. The number of nitrogens with one attached hydrogen (secondary N) is 1. The number of aromatic nitrogens is 3. The van der Waals surface area contributed by atoms with Crippen molar-refractivity contribution in [3.63, 3.8) is 0 Å². The van der Waals surface area contributed by atoms with Gasteiger partial charge >= 0.3 is 0 Å². The Hall–Kier alpha value is -2.60. The molecule has 0 aliphatic carbocycles. The zero-order valence-electron chi connectivity index (χ0n) is 15.8. The molecular weight excluding hydrogens is 358 g/mol. The third-order valence-corrected chi connectivity index (χ3v) is 5.12. The molecule has 0 bridgehead atoms. The fourth-order valence-electron chi connectivity index (χ4n) is 2.69. The van der Waals surface area contributed by atoms with E-state index in [1.165, 1.54) is 17.3 Å². The van der Waals surface area contributed by atoms with Crippen LogP contribution in [0.1, 0.15) is 42.3 Å². The lowest BCUT2D eigenvalue weighted by molar-refractivity contribution is 0.101. The lowest BCUT2D eigenvalue weighted by atomic mass is 10.1. The maximum atomic E-state index is 11.7. The molecule has 0 spiro atoms. The number of Topliss-reactive ketones (excluding diaryl/α,β-unsaturated/α-hetero) is 1. The number of carbonyl (C=O) groups is 1. The van der Waals surface area contributed by atoms with Crippen molar-refractivity contribution >= 4 is 17.5 Å². The van der Waals surface area contributed by atoms with Crippen LogP contribution in [-0.2, 0) is 12.2 Å². The van der Waals surface area contributed by atoms with Crippen molar-refractivity contribution in [2.75, 3.05) is 6.61 Å². The number of rotatable bonds is 8. The third-order valence-electron chi connectivity index (χ3n) is 4.22. The second-order valence-electron chi connectivity index (χ2n) is 6.12. The van der Waals surface area contributed by atoms with Crippen LogP contribution in [0.3, 0.4) is 0 Å². The zero-order valence-corrected chi connectivity index (χ0v) is 16.6. The van der Waals surface area contributed by atoms with E-state index >= 15 is 0 Å². The van der Waals surface area contributed by atoms with Gasteiger partial charge in [0.2, 0.25) is 5.16 Å². The van der Waals surface area contributed by atoms with Gasteiger partial charge in [-0.2, -0.15) is 0 Å². The molecule has 1 aromatic heterocycles. The summed E-state index contributed by atoms with van der Waals surface area (Å²) in [6.45, 7) is 6.23. The maximum Gasteiger partial charge on any atom is 0.209 e. The Morgan fingerprint density at radius 1 is 1.15 bits per heavy atom. The fraction of sp³-hybridized carbons (Fsp3) is 0.286. The van der Waals surface area contributed by atoms with Crippen LogP contribution in [0.25, 0.3) is 11.4 Å². The summed E-state index contributed by atoms with van der Waals surface area (Å²) < 4.78 is 5.68. The quantitative estimate of drug-likeness (QED) is 0.443. The van der Waals surface area contributed by atoms with E-state index in [4.69, 9.17) is 4.74 Å². The van der Waals surface area contributed by atoms with E-state index in [1.807, 2.05) is 19.1 Å². The highest BCUT2D eigenvalue weighted by Gasteiger charge is 2.11. The average Bonchev–Trinajstić information content (AvgIpc) is 3.16. The van der Waals surface area contributed by atoms with Crippen molar-refractivity contribution in [3.05, 3.63) is 59.2 Å². The van der Waals surface area contributed by atoms with Crippen LogP contribution < -0.4 is 4.74 Å². The summed E-state index contributed by atoms with van der Waals surface area (Å²) >= 11 is 1.51. The molecule has 0 aliphatic rings. The molecule has 5 nitrogen and oxygen atoms in total. The molecule has 0 radical (unpaired) electrons. The SMILES string of the molecule is CCOc1ccc(C(C)=O)cc1CSc1n[nH]c(-c2ccc(CC)cc2)n1. The minimum Gasteiger partial charge on any atom is -0.494 e. The highest BCUT2D eigenvalue weighted by molar-refractivity contribution is 7.98. The summed E-state index contributed by atoms with van der Waals surface area (Å²) in [5.41, 5.74) is 3.95. The molecule has 1 heterocycles. The van der Waals surface area contributed by atoms with E-state index in [0.717, 1.165) is 29.1 Å². The number of aromatic amines is 1. The number of carbonyl (C=O) groups excluding carboxylic acids is 1. The number of ether oxygens (including phenoxy) is 1. The second kappa shape index (κ2) is 8.86. The van der Waals surface area contributed by atoms with Crippen LogP contribution in [0, 0.1) is 0 Å². The molecule has 140 valence electrons. The summed E-state index contributed by atoms with van der Waals surface area (Å²) in [5, 5.41) is 7.97. The lowest BCUT2D eigenvalue weighted by Gasteiger charge is -2.10. The van der Waals surface area contributed by atoms with E-state index in [1.54, 1.807) is 13.0 Å². The van der Waals surface area contributed by atoms with Crippen LogP contribution in [0.5, 0.6) is 5.75 Å². The maximum absolute atomic E-state index is 11.7. The molecule has 3 rings (SSSR count). The van der Waals surface area contributed by atoms with E-state index in [-0.39, 0.29) is 5.78 Å². The molecule has 2 aromatic carbocycles. The predicted octanol–water partition coefficient (Wildman–Crippen LogP) is 4.93. The highest BCUT2D eigenvalue weighted by atomic mass is 32.2. The van der Waals surface area contributed by atoms with Crippen molar-refractivity contribution in [3.8, 4) is 17.1 Å². The van der Waals surface area contributed by atoms with E-state index < -0.39 is 0 Å². The van der Waals surface area contributed by atoms with Crippen molar-refractivity contribution in [1.82, 2.24) is 15.2 Å². The summed E-state index contributed by atoms with van der Waals surface area (Å²) in [6.07, 6.45) is 1.01. The molecule has 0 amide bonds. The topological polar surface area (TPSA) is 67.9 Å². The molecule has 0 atom stereocenters. The highest BCUT2D eigenvalue weighted by Crippen LogP contribution is 2.28. The average molecular weight is 382 g/mol. The predicted molar refractivity (Wildman–Crippen MR) is 108 cm³/mol. The van der Waals surface area contributed by atoms with Crippen LogP contribution in [0.15, 0.2) is 47.6 Å². The van der Waals surface area contributed by atoms with Gasteiger partial charge < -0.3 is 4.74 Å². The smallest absolute Gasteiger partial charge is 0.209 e. The first-order valence-electron chi connectivity index (χ1n) is 9.01. The van der Waals surface area contributed by atoms with Crippen LogP contribution in [0.4, 0.5) is 0 Å². The summed E-state index contributed by atoms with van der Waals surface area (Å²) in [7, 11) is 0. The summed E-state index contributed by atoms with van der Waals surface area (Å²) in [4.78, 5) is 16.2. The summed E-state index contributed by atoms with van der Waals surface area (Å²) in [5.74, 6) is 2.21. The van der Waals surface area contributed by atoms with Crippen molar-refractivity contribution < 1.29 is 9.53 Å². The van der Waals surface area contributed by atoms with Gasteiger partial charge in [0.15, 0.2) is 11.6 Å². The number of thioether (sulfide) groups is 1. The van der Waals surface area contributed by atoms with Gasteiger partial charge in [-0.25, -0.2) is 4.98 Å². The first kappa shape index (κ1) is 19.2. The van der Waals surface area contributed by atoms with Crippen molar-refractivity contribution in [2.24, 2.45) is 0 Å². The largest absolute Gasteiger partial charge is 0.494 e. The van der Waals surface area contributed by atoms with Gasteiger partial charge in [0.1, 0.15) is 5.75 Å². The number of hydrogen-bond donors (Lipinski definition) is 1. The Labute approximate surface area is 163 Å². The number of ketones is 1. The van der Waals surface area contributed by atoms with Crippen LogP contribution in [-0.4, -0.2) is 27.6 Å². The van der Waals surface area contributed by atoms with Gasteiger partial charge in [-0.15, -0.1) is 5.10 Å². The molecule has 3 aromatic rings. The van der Waals surface area contributed by atoms with Gasteiger partial charge in [0.05, 0.1) is 6.61 Å². The van der Waals surface area contributed by atoms with Gasteiger partial charge in [-0.1, -0.05) is 43.0 Å². The lowest BCUT2D eigenvalue weighted by Crippen LogP contribution is -1.99. The molecule has 1 N–H and O–H groups in total. The fourth-order valence-corrected chi connectivity index (χ4v) is 3.46. The normalized spacial score (nSPS) is 10.8. The van der Waals surface area contributed by atoms with Crippen LogP contribution in [0.2, 0.25) is 0 Å². The Balaban J connectivity index is 1.74. The van der Waals surface area contributed by atoms with Gasteiger partial charge in [-0.3, -0.25) is 9.89 Å². The molecule has 0 unspecified atom stereocenters.